The molecule has 0 aliphatic carbocycles. The second kappa shape index (κ2) is 7.86. The number of rotatable bonds is 5. The highest BCUT2D eigenvalue weighted by molar-refractivity contribution is 7.80. The van der Waals surface area contributed by atoms with Gasteiger partial charge in [0.15, 0.2) is 6.04 Å². The predicted octanol–water partition coefficient (Wildman–Crippen LogP) is 1.09. The van der Waals surface area contributed by atoms with Gasteiger partial charge < -0.3 is 20.1 Å². The molecule has 7 heteroatoms. The Balaban J connectivity index is 1.98. The van der Waals surface area contributed by atoms with Crippen LogP contribution < -0.4 is 5.32 Å². The Kier molecular flexibility index (Phi) is 5.85. The number of morpholine rings is 1. The Morgan fingerprint density at radius 1 is 1.27 bits per heavy atom. The number of carboxylic acids is 1. The van der Waals surface area contributed by atoms with E-state index in [9.17, 15) is 14.7 Å². The summed E-state index contributed by atoms with van der Waals surface area (Å²) in [5.74, 6) is -1.15. The second-order valence-corrected chi connectivity index (χ2v) is 5.47. The van der Waals surface area contributed by atoms with Crippen LogP contribution in [0.1, 0.15) is 5.56 Å². The number of thiocarbonyl (C=S) groups is 1. The van der Waals surface area contributed by atoms with Crippen LogP contribution in [0.15, 0.2) is 30.3 Å². The number of aliphatic carboxylic acids is 1. The summed E-state index contributed by atoms with van der Waals surface area (Å²) in [6.07, 6.45) is 0.330. The molecule has 2 amide bonds. The van der Waals surface area contributed by atoms with Gasteiger partial charge in [0, 0.05) is 24.4 Å². The minimum Gasteiger partial charge on any atom is -0.479 e. The van der Waals surface area contributed by atoms with Gasteiger partial charge in [0.25, 0.3) is 0 Å². The largest absolute Gasteiger partial charge is 0.479 e. The molecular formula is C15H18N2O4S. The third kappa shape index (κ3) is 4.51. The smallest absolute Gasteiger partial charge is 0.331 e. The highest BCUT2D eigenvalue weighted by Gasteiger charge is 2.27. The predicted molar refractivity (Wildman–Crippen MR) is 85.1 cm³/mol. The van der Waals surface area contributed by atoms with Gasteiger partial charge in [0.1, 0.15) is 0 Å². The summed E-state index contributed by atoms with van der Waals surface area (Å²) in [4.78, 5) is 25.3. The molecule has 6 nitrogen and oxygen atoms in total. The number of amides is 2. The number of ether oxygens (including phenoxy) is 1. The van der Waals surface area contributed by atoms with E-state index in [2.05, 4.69) is 5.32 Å². The van der Waals surface area contributed by atoms with Gasteiger partial charge in [-0.15, -0.1) is 0 Å². The summed E-state index contributed by atoms with van der Waals surface area (Å²) in [6.45, 7) is 1.81. The van der Waals surface area contributed by atoms with Crippen molar-refractivity contribution in [3.8, 4) is 0 Å². The summed E-state index contributed by atoms with van der Waals surface area (Å²) >= 11 is 5.21. The first-order valence-electron chi connectivity index (χ1n) is 7.00. The first kappa shape index (κ1) is 16.4. The molecule has 1 fully saturated rings. The fraction of sp³-hybridized carbons (Fsp3) is 0.400. The molecule has 1 aliphatic rings. The van der Waals surface area contributed by atoms with E-state index in [1.54, 1.807) is 0 Å². The van der Waals surface area contributed by atoms with Crippen molar-refractivity contribution in [2.24, 2.45) is 0 Å². The van der Waals surface area contributed by atoms with Gasteiger partial charge >= 0.3 is 12.0 Å². The molecule has 1 aliphatic heterocycles. The van der Waals surface area contributed by atoms with Crippen molar-refractivity contribution >= 4 is 29.1 Å². The maximum atomic E-state index is 12.1. The molecule has 1 unspecified atom stereocenters. The zero-order valence-electron chi connectivity index (χ0n) is 12.0. The fourth-order valence-electron chi connectivity index (χ4n) is 2.16. The number of urea groups is 1. The van der Waals surface area contributed by atoms with Crippen molar-refractivity contribution in [3.05, 3.63) is 35.9 Å². The minimum absolute atomic E-state index is 0.278. The zero-order valence-corrected chi connectivity index (χ0v) is 12.8. The van der Waals surface area contributed by atoms with Gasteiger partial charge in [-0.1, -0.05) is 42.5 Å². The summed E-state index contributed by atoms with van der Waals surface area (Å²) in [5.41, 5.74) is 0.916. The van der Waals surface area contributed by atoms with Crippen LogP contribution in [0, 0.1) is 0 Å². The highest BCUT2D eigenvalue weighted by atomic mass is 32.1. The molecule has 1 saturated heterocycles. The van der Waals surface area contributed by atoms with Gasteiger partial charge in [-0.05, 0) is 5.56 Å². The molecule has 0 bridgehead atoms. The van der Waals surface area contributed by atoms with E-state index in [0.29, 0.717) is 32.7 Å². The molecular weight excluding hydrogens is 304 g/mol. The number of hydrogen-bond acceptors (Lipinski definition) is 4. The Labute approximate surface area is 134 Å². The lowest BCUT2D eigenvalue weighted by Crippen LogP contribution is -2.53. The molecule has 22 heavy (non-hydrogen) atoms. The van der Waals surface area contributed by atoms with Crippen LogP contribution in [0.25, 0.3) is 0 Å². The summed E-state index contributed by atoms with van der Waals surface area (Å²) in [6, 6.07) is 7.74. The van der Waals surface area contributed by atoms with Gasteiger partial charge in [0.05, 0.1) is 13.2 Å². The van der Waals surface area contributed by atoms with Crippen molar-refractivity contribution in [1.82, 2.24) is 10.2 Å². The zero-order chi connectivity index (χ0) is 15.9. The topological polar surface area (TPSA) is 78.9 Å². The molecule has 1 heterocycles. The quantitative estimate of drug-likeness (QED) is 0.794. The van der Waals surface area contributed by atoms with Crippen molar-refractivity contribution in [3.63, 3.8) is 0 Å². The van der Waals surface area contributed by atoms with Gasteiger partial charge in [0.2, 0.25) is 0 Å². The van der Waals surface area contributed by atoms with Crippen molar-refractivity contribution in [1.29, 1.82) is 0 Å². The van der Waals surface area contributed by atoms with E-state index in [-0.39, 0.29) is 4.86 Å². The monoisotopic (exact) mass is 322 g/mol. The lowest BCUT2D eigenvalue weighted by Gasteiger charge is -2.28. The van der Waals surface area contributed by atoms with E-state index in [4.69, 9.17) is 17.0 Å². The average Bonchev–Trinajstić information content (AvgIpc) is 2.53. The van der Waals surface area contributed by atoms with E-state index in [1.807, 2.05) is 30.3 Å². The van der Waals surface area contributed by atoms with Crippen LogP contribution in [0.3, 0.4) is 0 Å². The van der Waals surface area contributed by atoms with Crippen LogP contribution in [0.4, 0.5) is 4.79 Å². The summed E-state index contributed by atoms with van der Waals surface area (Å²) in [7, 11) is 0. The number of nitrogens with one attached hydrogen (secondary N) is 1. The standard InChI is InChI=1S/C15H18N2O4S/c18-14(19)13(12(22)10-11-4-2-1-3-5-11)16-15(20)17-6-8-21-9-7-17/h1-5,13H,6-10H2,(H,16,20)(H,18,19). The maximum absolute atomic E-state index is 12.1. The van der Waals surface area contributed by atoms with Gasteiger partial charge in [-0.2, -0.15) is 0 Å². The van der Waals surface area contributed by atoms with Crippen LogP contribution in [0.2, 0.25) is 0 Å². The minimum atomic E-state index is -1.18. The molecule has 1 aromatic carbocycles. The van der Waals surface area contributed by atoms with E-state index in [0.717, 1.165) is 5.56 Å². The first-order chi connectivity index (χ1) is 10.6. The third-order valence-corrected chi connectivity index (χ3v) is 3.74. The second-order valence-electron chi connectivity index (χ2n) is 4.95. The maximum Gasteiger partial charge on any atom is 0.331 e. The lowest BCUT2D eigenvalue weighted by atomic mass is 10.1. The number of hydrogen-bond donors (Lipinski definition) is 2. The molecule has 0 saturated carbocycles. The summed E-state index contributed by atoms with van der Waals surface area (Å²) in [5, 5.41) is 11.8. The molecule has 0 spiro atoms. The van der Waals surface area contributed by atoms with Crippen LogP contribution in [0.5, 0.6) is 0 Å². The van der Waals surface area contributed by atoms with E-state index >= 15 is 0 Å². The van der Waals surface area contributed by atoms with Gasteiger partial charge in [-0.3, -0.25) is 0 Å². The molecule has 1 atom stereocenters. The van der Waals surface area contributed by atoms with E-state index < -0.39 is 18.0 Å². The molecule has 2 rings (SSSR count). The van der Waals surface area contributed by atoms with Crippen molar-refractivity contribution in [2.45, 2.75) is 12.5 Å². The summed E-state index contributed by atoms with van der Waals surface area (Å²) < 4.78 is 5.16. The molecule has 0 aromatic heterocycles. The Morgan fingerprint density at radius 2 is 1.91 bits per heavy atom. The third-order valence-electron chi connectivity index (χ3n) is 3.36. The average molecular weight is 322 g/mol. The normalized spacial score (nSPS) is 15.9. The number of benzene rings is 1. The Hall–Kier alpha value is -1.99. The van der Waals surface area contributed by atoms with Crippen LogP contribution in [-0.4, -0.2) is 59.2 Å². The lowest BCUT2D eigenvalue weighted by molar-refractivity contribution is -0.137. The number of carboxylic acid groups (broad SMARTS) is 1. The van der Waals surface area contributed by atoms with Gasteiger partial charge in [-0.25, -0.2) is 9.59 Å². The first-order valence-corrected chi connectivity index (χ1v) is 7.41. The number of carbonyl (C=O) groups is 2. The SMILES string of the molecule is O=C(O)C(NC(=O)N1CCOCC1)C(=S)Cc1ccccc1. The number of nitrogens with zero attached hydrogens (tertiary/aromatic N) is 1. The molecule has 1 aromatic rings. The Morgan fingerprint density at radius 3 is 2.50 bits per heavy atom. The van der Waals surface area contributed by atoms with Crippen molar-refractivity contribution < 1.29 is 19.4 Å². The molecule has 118 valence electrons. The Bertz CT molecular complexity index is 544. The number of carbonyl (C=O) groups excluding carboxylic acids is 1. The van der Waals surface area contributed by atoms with E-state index in [1.165, 1.54) is 4.90 Å². The van der Waals surface area contributed by atoms with Crippen molar-refractivity contribution in [2.75, 3.05) is 26.3 Å². The molecule has 2 N–H and O–H groups in total. The molecule has 0 radical (unpaired) electrons. The highest BCUT2D eigenvalue weighted by Crippen LogP contribution is 2.06. The fourth-order valence-corrected chi connectivity index (χ4v) is 2.49. The van der Waals surface area contributed by atoms with Crippen LogP contribution in [-0.2, 0) is 16.0 Å². The van der Waals surface area contributed by atoms with Crippen LogP contribution >= 0.6 is 12.2 Å².